The number of ketones is 1. The molecule has 0 unspecified atom stereocenters. The van der Waals surface area contributed by atoms with Gasteiger partial charge in [-0.1, -0.05) is 0 Å². The van der Waals surface area contributed by atoms with Crippen molar-refractivity contribution in [3.8, 4) is 11.5 Å². The van der Waals surface area contributed by atoms with E-state index in [0.717, 1.165) is 48.7 Å². The van der Waals surface area contributed by atoms with Crippen LogP contribution in [-0.4, -0.2) is 38.0 Å². The summed E-state index contributed by atoms with van der Waals surface area (Å²) in [5, 5.41) is 0. The number of nitrogens with zero attached hydrogens (tertiary/aromatic N) is 1. The van der Waals surface area contributed by atoms with E-state index in [0.29, 0.717) is 0 Å². The molecular weight excluding hydrogens is 254 g/mol. The topological polar surface area (TPSA) is 38.8 Å². The predicted molar refractivity (Wildman–Crippen MR) is 76.8 cm³/mol. The molecule has 2 bridgehead atoms. The zero-order valence-electron chi connectivity index (χ0n) is 11.9. The molecule has 0 aliphatic carbocycles. The largest absolute Gasteiger partial charge is 0.497 e. The van der Waals surface area contributed by atoms with Crippen molar-refractivity contribution in [2.75, 3.05) is 27.3 Å². The molecular formula is C16H19NO3. The third-order valence-electron chi connectivity index (χ3n) is 4.19. The zero-order chi connectivity index (χ0) is 14.1. The summed E-state index contributed by atoms with van der Waals surface area (Å²) in [4.78, 5) is 14.5. The van der Waals surface area contributed by atoms with E-state index in [9.17, 15) is 4.79 Å². The molecule has 106 valence electrons. The Bertz CT molecular complexity index is 557. The number of benzene rings is 1. The summed E-state index contributed by atoms with van der Waals surface area (Å²) >= 11 is 0. The van der Waals surface area contributed by atoms with E-state index >= 15 is 0 Å². The fraction of sp³-hybridized carbons (Fsp3) is 0.438. The summed E-state index contributed by atoms with van der Waals surface area (Å²) in [7, 11) is 3.26. The molecule has 0 saturated carbocycles. The highest BCUT2D eigenvalue weighted by Crippen LogP contribution is 2.34. The van der Waals surface area contributed by atoms with E-state index in [1.807, 2.05) is 24.3 Å². The summed E-state index contributed by atoms with van der Waals surface area (Å²) in [5.41, 5.74) is 1.75. The second-order valence-electron chi connectivity index (χ2n) is 5.26. The van der Waals surface area contributed by atoms with Crippen LogP contribution in [0, 0.1) is 5.92 Å². The van der Waals surface area contributed by atoms with Crippen LogP contribution in [-0.2, 0) is 4.79 Å². The van der Waals surface area contributed by atoms with Gasteiger partial charge in [0, 0.05) is 30.6 Å². The Morgan fingerprint density at radius 1 is 1.20 bits per heavy atom. The van der Waals surface area contributed by atoms with Crippen LogP contribution in [0.5, 0.6) is 11.5 Å². The van der Waals surface area contributed by atoms with Crippen LogP contribution in [0.3, 0.4) is 0 Å². The number of carbonyl (C=O) groups excluding carboxylic acids is 1. The first kappa shape index (κ1) is 13.0. The lowest BCUT2D eigenvalue weighted by atomic mass is 9.84. The van der Waals surface area contributed by atoms with Crippen LogP contribution < -0.4 is 9.47 Å². The first-order chi connectivity index (χ1) is 9.72. The summed E-state index contributed by atoms with van der Waals surface area (Å²) < 4.78 is 10.6. The zero-order valence-corrected chi connectivity index (χ0v) is 11.9. The van der Waals surface area contributed by atoms with E-state index in [-0.39, 0.29) is 11.7 Å². The van der Waals surface area contributed by atoms with Gasteiger partial charge in [0.05, 0.1) is 19.9 Å². The normalized spacial score (nSPS) is 20.6. The van der Waals surface area contributed by atoms with Gasteiger partial charge in [0.1, 0.15) is 11.5 Å². The van der Waals surface area contributed by atoms with E-state index in [1.54, 1.807) is 14.2 Å². The second-order valence-corrected chi connectivity index (χ2v) is 5.26. The van der Waals surface area contributed by atoms with Gasteiger partial charge in [-0.25, -0.2) is 0 Å². The molecule has 4 heteroatoms. The van der Waals surface area contributed by atoms with Crippen LogP contribution in [0.1, 0.15) is 18.4 Å². The molecule has 0 spiro atoms. The minimum absolute atomic E-state index is 0.218. The lowest BCUT2D eigenvalue weighted by Gasteiger charge is -2.41. The van der Waals surface area contributed by atoms with Crippen LogP contribution >= 0.6 is 0 Å². The average Bonchev–Trinajstić information content (AvgIpc) is 2.51. The van der Waals surface area contributed by atoms with Gasteiger partial charge in [0.2, 0.25) is 0 Å². The molecule has 3 aliphatic rings. The lowest BCUT2D eigenvalue weighted by molar-refractivity contribution is -0.125. The van der Waals surface area contributed by atoms with Crippen molar-refractivity contribution in [1.29, 1.82) is 0 Å². The van der Waals surface area contributed by atoms with Gasteiger partial charge in [-0.3, -0.25) is 4.79 Å². The third kappa shape index (κ3) is 2.15. The Balaban J connectivity index is 1.97. The molecule has 0 aromatic heterocycles. The second kappa shape index (κ2) is 5.19. The first-order valence-electron chi connectivity index (χ1n) is 6.96. The van der Waals surface area contributed by atoms with Crippen LogP contribution in [0.2, 0.25) is 0 Å². The molecule has 20 heavy (non-hydrogen) atoms. The Hall–Kier alpha value is -1.97. The van der Waals surface area contributed by atoms with Crippen molar-refractivity contribution in [3.05, 3.63) is 29.5 Å². The number of hydrogen-bond acceptors (Lipinski definition) is 4. The molecule has 0 radical (unpaired) electrons. The number of rotatable bonds is 3. The maximum Gasteiger partial charge on any atom is 0.182 e. The number of allylic oxidation sites excluding steroid dienone is 1. The Morgan fingerprint density at radius 2 is 1.95 bits per heavy atom. The quantitative estimate of drug-likeness (QED) is 0.792. The minimum atomic E-state index is 0.218. The molecule has 4 rings (SSSR count). The van der Waals surface area contributed by atoms with Crippen molar-refractivity contribution < 1.29 is 14.3 Å². The summed E-state index contributed by atoms with van der Waals surface area (Å²) in [6.07, 6.45) is 3.94. The van der Waals surface area contributed by atoms with Crippen molar-refractivity contribution in [3.63, 3.8) is 0 Å². The SMILES string of the molecule is COc1ccc(/C=C2\C(=O)C3CCN2CC3)c(OC)c1. The number of methoxy groups -OCH3 is 2. The number of hydrogen-bond donors (Lipinski definition) is 0. The fourth-order valence-corrected chi connectivity index (χ4v) is 2.99. The highest BCUT2D eigenvalue weighted by molar-refractivity contribution is 6.02. The molecule has 0 atom stereocenters. The number of Topliss-reactive ketones (excluding diaryl/α,β-unsaturated/α-hetero) is 1. The number of fused-ring (bicyclic) bond motifs is 3. The van der Waals surface area contributed by atoms with Crippen LogP contribution in [0.15, 0.2) is 23.9 Å². The summed E-state index contributed by atoms with van der Waals surface area (Å²) in [6.45, 7) is 1.97. The molecule has 3 fully saturated rings. The molecule has 0 amide bonds. The van der Waals surface area contributed by atoms with Crippen LogP contribution in [0.4, 0.5) is 0 Å². The molecule has 0 N–H and O–H groups in total. The van der Waals surface area contributed by atoms with Gasteiger partial charge in [0.25, 0.3) is 0 Å². The highest BCUT2D eigenvalue weighted by Gasteiger charge is 2.36. The molecule has 3 aliphatic heterocycles. The van der Waals surface area contributed by atoms with E-state index in [4.69, 9.17) is 9.47 Å². The van der Waals surface area contributed by atoms with E-state index in [2.05, 4.69) is 4.90 Å². The monoisotopic (exact) mass is 273 g/mol. The molecule has 1 aromatic rings. The van der Waals surface area contributed by atoms with Crippen molar-refractivity contribution in [2.24, 2.45) is 5.92 Å². The van der Waals surface area contributed by atoms with Gasteiger partial charge in [-0.15, -0.1) is 0 Å². The van der Waals surface area contributed by atoms with Gasteiger partial charge >= 0.3 is 0 Å². The molecule has 3 saturated heterocycles. The van der Waals surface area contributed by atoms with Crippen molar-refractivity contribution in [2.45, 2.75) is 12.8 Å². The summed E-state index contributed by atoms with van der Waals surface area (Å²) in [6, 6.07) is 5.66. The highest BCUT2D eigenvalue weighted by atomic mass is 16.5. The molecule has 3 heterocycles. The predicted octanol–water partition coefficient (Wildman–Crippen LogP) is 2.34. The van der Waals surface area contributed by atoms with Gasteiger partial charge in [0.15, 0.2) is 5.78 Å². The maximum absolute atomic E-state index is 12.3. The Labute approximate surface area is 119 Å². The fourth-order valence-electron chi connectivity index (χ4n) is 2.99. The lowest BCUT2D eigenvalue weighted by Crippen LogP contribution is -2.45. The van der Waals surface area contributed by atoms with Gasteiger partial charge in [-0.2, -0.15) is 0 Å². The number of piperidine rings is 3. The average molecular weight is 273 g/mol. The first-order valence-corrected chi connectivity index (χ1v) is 6.96. The standard InChI is InChI=1S/C16H19NO3/c1-19-13-4-3-12(15(10-13)20-2)9-14-16(18)11-5-7-17(14)8-6-11/h3-4,9-11H,5-8H2,1-2H3/b14-9+. The van der Waals surface area contributed by atoms with Crippen molar-refractivity contribution >= 4 is 11.9 Å². The summed E-state index contributed by atoms with van der Waals surface area (Å²) in [5.74, 6) is 1.98. The number of carbonyl (C=O) groups is 1. The smallest absolute Gasteiger partial charge is 0.182 e. The van der Waals surface area contributed by atoms with Crippen LogP contribution in [0.25, 0.3) is 6.08 Å². The van der Waals surface area contributed by atoms with E-state index in [1.165, 1.54) is 0 Å². The Morgan fingerprint density at radius 3 is 2.55 bits per heavy atom. The molecule has 1 aromatic carbocycles. The van der Waals surface area contributed by atoms with E-state index < -0.39 is 0 Å². The number of ether oxygens (including phenoxy) is 2. The maximum atomic E-state index is 12.3. The molecule has 4 nitrogen and oxygen atoms in total. The Kier molecular flexibility index (Phi) is 3.38. The van der Waals surface area contributed by atoms with Crippen molar-refractivity contribution in [1.82, 2.24) is 4.90 Å². The van der Waals surface area contributed by atoms with Gasteiger partial charge in [-0.05, 0) is 31.1 Å². The van der Waals surface area contributed by atoms with Gasteiger partial charge < -0.3 is 14.4 Å². The minimum Gasteiger partial charge on any atom is -0.497 e. The third-order valence-corrected chi connectivity index (χ3v) is 4.19.